The van der Waals surface area contributed by atoms with Gasteiger partial charge in [-0.15, -0.1) is 11.8 Å². The van der Waals surface area contributed by atoms with Crippen LogP contribution in [0.1, 0.15) is 5.56 Å². The van der Waals surface area contributed by atoms with E-state index < -0.39 is 0 Å². The molecular weight excluding hydrogens is 394 g/mol. The Morgan fingerprint density at radius 2 is 1.64 bits per heavy atom. The summed E-state index contributed by atoms with van der Waals surface area (Å²) >= 11 is 7.26. The molecule has 1 heterocycles. The number of nitrogens with zero attached hydrogens (tertiary/aromatic N) is 1. The molecule has 28 heavy (non-hydrogen) atoms. The first kappa shape index (κ1) is 19.9. The molecule has 2 aromatic carbocycles. The molecule has 0 atom stereocenters. The van der Waals surface area contributed by atoms with Crippen molar-refractivity contribution in [3.63, 3.8) is 0 Å². The smallest absolute Gasteiger partial charge is 0.235 e. The Bertz CT molecular complexity index is 932. The third kappa shape index (κ3) is 6.40. The predicted molar refractivity (Wildman–Crippen MR) is 114 cm³/mol. The van der Waals surface area contributed by atoms with Crippen molar-refractivity contribution in [2.75, 3.05) is 16.4 Å². The molecule has 0 aliphatic carbocycles. The molecule has 5 nitrogen and oxygen atoms in total. The molecular formula is C21H18ClN3O2S. The molecule has 142 valence electrons. The lowest BCUT2D eigenvalue weighted by atomic mass is 10.1. The number of benzene rings is 2. The number of rotatable bonds is 7. The van der Waals surface area contributed by atoms with E-state index in [0.29, 0.717) is 16.5 Å². The summed E-state index contributed by atoms with van der Waals surface area (Å²) in [4.78, 5) is 29.1. The summed E-state index contributed by atoms with van der Waals surface area (Å²) in [6.07, 6.45) is 1.91. The van der Waals surface area contributed by atoms with Gasteiger partial charge in [-0.05, 0) is 54.1 Å². The van der Waals surface area contributed by atoms with E-state index >= 15 is 0 Å². The van der Waals surface area contributed by atoms with Crippen molar-refractivity contribution in [3.8, 4) is 0 Å². The first-order chi connectivity index (χ1) is 13.6. The van der Waals surface area contributed by atoms with E-state index in [2.05, 4.69) is 15.6 Å². The van der Waals surface area contributed by atoms with E-state index in [1.807, 2.05) is 42.5 Å². The standard InChI is InChI=1S/C21H18ClN3O2S/c22-16-6-4-15(5-7-16)13-20(26)24-17-8-10-18(11-9-17)28-14-21(27)25-19-3-1-2-12-23-19/h1-12H,13-14H2,(H,24,26)(H,23,25,27). The summed E-state index contributed by atoms with van der Waals surface area (Å²) in [6.45, 7) is 0. The van der Waals surface area contributed by atoms with Crippen LogP contribution in [-0.4, -0.2) is 22.6 Å². The molecule has 0 saturated carbocycles. The number of amides is 2. The Hall–Kier alpha value is -2.83. The molecule has 3 rings (SSSR count). The molecule has 2 amide bonds. The molecule has 1 aromatic heterocycles. The van der Waals surface area contributed by atoms with Crippen molar-refractivity contribution in [2.24, 2.45) is 0 Å². The van der Waals surface area contributed by atoms with Crippen molar-refractivity contribution in [2.45, 2.75) is 11.3 Å². The van der Waals surface area contributed by atoms with Crippen LogP contribution in [0.15, 0.2) is 77.8 Å². The van der Waals surface area contributed by atoms with Gasteiger partial charge >= 0.3 is 0 Å². The average Bonchev–Trinajstić information content (AvgIpc) is 2.70. The van der Waals surface area contributed by atoms with Crippen LogP contribution < -0.4 is 10.6 Å². The van der Waals surface area contributed by atoms with E-state index in [1.165, 1.54) is 11.8 Å². The maximum atomic E-state index is 12.1. The fourth-order valence-electron chi connectivity index (χ4n) is 2.39. The number of pyridine rings is 1. The molecule has 0 aliphatic rings. The van der Waals surface area contributed by atoms with Crippen molar-refractivity contribution >= 4 is 46.7 Å². The summed E-state index contributed by atoms with van der Waals surface area (Å²) in [6, 6.07) is 19.9. The minimum atomic E-state index is -0.121. The van der Waals surface area contributed by atoms with Crippen LogP contribution in [0.2, 0.25) is 5.02 Å². The number of anilines is 2. The molecule has 0 aliphatic heterocycles. The summed E-state index contributed by atoms with van der Waals surface area (Å²) in [5.41, 5.74) is 1.61. The van der Waals surface area contributed by atoms with E-state index in [1.54, 1.807) is 30.5 Å². The van der Waals surface area contributed by atoms with Crippen LogP contribution in [0.25, 0.3) is 0 Å². The largest absolute Gasteiger partial charge is 0.326 e. The Labute approximate surface area is 172 Å². The Morgan fingerprint density at radius 1 is 0.893 bits per heavy atom. The van der Waals surface area contributed by atoms with Gasteiger partial charge in [-0.3, -0.25) is 9.59 Å². The highest BCUT2D eigenvalue weighted by Gasteiger charge is 2.06. The zero-order valence-corrected chi connectivity index (χ0v) is 16.5. The summed E-state index contributed by atoms with van der Waals surface area (Å²) in [5.74, 6) is 0.590. The lowest BCUT2D eigenvalue weighted by Gasteiger charge is -2.07. The Morgan fingerprint density at radius 3 is 2.32 bits per heavy atom. The van der Waals surface area contributed by atoms with Crippen molar-refractivity contribution in [1.29, 1.82) is 0 Å². The van der Waals surface area contributed by atoms with Gasteiger partial charge in [0.15, 0.2) is 0 Å². The minimum Gasteiger partial charge on any atom is -0.326 e. The Balaban J connectivity index is 1.45. The summed E-state index contributed by atoms with van der Waals surface area (Å²) in [5, 5.41) is 6.25. The maximum Gasteiger partial charge on any atom is 0.235 e. The minimum absolute atomic E-state index is 0.0996. The zero-order chi connectivity index (χ0) is 19.8. The average molecular weight is 412 g/mol. The lowest BCUT2D eigenvalue weighted by molar-refractivity contribution is -0.115. The molecule has 7 heteroatoms. The number of aromatic nitrogens is 1. The molecule has 2 N–H and O–H groups in total. The van der Waals surface area contributed by atoms with Gasteiger partial charge in [0.05, 0.1) is 12.2 Å². The first-order valence-electron chi connectivity index (χ1n) is 8.56. The second-order valence-electron chi connectivity index (χ2n) is 5.93. The monoisotopic (exact) mass is 411 g/mol. The fourth-order valence-corrected chi connectivity index (χ4v) is 3.22. The molecule has 0 fully saturated rings. The fraction of sp³-hybridized carbons (Fsp3) is 0.0952. The number of thioether (sulfide) groups is 1. The maximum absolute atomic E-state index is 12.1. The molecule has 3 aromatic rings. The van der Waals surface area contributed by atoms with Gasteiger partial charge in [-0.25, -0.2) is 4.98 Å². The van der Waals surface area contributed by atoms with Gasteiger partial charge < -0.3 is 10.6 Å². The highest BCUT2D eigenvalue weighted by molar-refractivity contribution is 8.00. The van der Waals surface area contributed by atoms with Crippen LogP contribution in [0.3, 0.4) is 0 Å². The molecule has 0 radical (unpaired) electrons. The number of nitrogens with one attached hydrogen (secondary N) is 2. The second-order valence-corrected chi connectivity index (χ2v) is 7.41. The van der Waals surface area contributed by atoms with E-state index in [9.17, 15) is 9.59 Å². The van der Waals surface area contributed by atoms with Crippen LogP contribution in [0, 0.1) is 0 Å². The van der Waals surface area contributed by atoms with Crippen LogP contribution >= 0.6 is 23.4 Å². The predicted octanol–water partition coefficient (Wildman–Crippen LogP) is 4.65. The van der Waals surface area contributed by atoms with E-state index in [4.69, 9.17) is 11.6 Å². The van der Waals surface area contributed by atoms with Gasteiger partial charge in [0.2, 0.25) is 11.8 Å². The van der Waals surface area contributed by atoms with Crippen molar-refractivity contribution < 1.29 is 9.59 Å². The second kappa shape index (κ2) is 9.92. The number of carbonyl (C=O) groups is 2. The molecule has 0 unspecified atom stereocenters. The van der Waals surface area contributed by atoms with Gasteiger partial charge in [0, 0.05) is 21.8 Å². The molecule has 0 saturated heterocycles. The van der Waals surface area contributed by atoms with Gasteiger partial charge in [0.1, 0.15) is 5.82 Å². The number of hydrogen-bond donors (Lipinski definition) is 2. The third-order valence-electron chi connectivity index (χ3n) is 3.72. The normalized spacial score (nSPS) is 10.3. The Kier molecular flexibility index (Phi) is 7.06. The molecule has 0 bridgehead atoms. The van der Waals surface area contributed by atoms with Crippen molar-refractivity contribution in [1.82, 2.24) is 4.98 Å². The third-order valence-corrected chi connectivity index (χ3v) is 4.98. The topological polar surface area (TPSA) is 71.1 Å². The summed E-state index contributed by atoms with van der Waals surface area (Å²) < 4.78 is 0. The van der Waals surface area contributed by atoms with E-state index in [-0.39, 0.29) is 24.0 Å². The van der Waals surface area contributed by atoms with Crippen LogP contribution in [-0.2, 0) is 16.0 Å². The van der Waals surface area contributed by atoms with Gasteiger partial charge in [0.25, 0.3) is 0 Å². The highest BCUT2D eigenvalue weighted by Crippen LogP contribution is 2.21. The van der Waals surface area contributed by atoms with E-state index in [0.717, 1.165) is 10.5 Å². The lowest BCUT2D eigenvalue weighted by Crippen LogP contribution is -2.15. The SMILES string of the molecule is O=C(Cc1ccc(Cl)cc1)Nc1ccc(SCC(=O)Nc2ccccn2)cc1. The number of halogens is 1. The van der Waals surface area contributed by atoms with Gasteiger partial charge in [-0.2, -0.15) is 0 Å². The van der Waals surface area contributed by atoms with Gasteiger partial charge in [-0.1, -0.05) is 29.8 Å². The number of carbonyl (C=O) groups excluding carboxylic acids is 2. The number of hydrogen-bond acceptors (Lipinski definition) is 4. The highest BCUT2D eigenvalue weighted by atomic mass is 35.5. The van der Waals surface area contributed by atoms with Crippen LogP contribution in [0.5, 0.6) is 0 Å². The first-order valence-corrected chi connectivity index (χ1v) is 9.93. The summed E-state index contributed by atoms with van der Waals surface area (Å²) in [7, 11) is 0. The van der Waals surface area contributed by atoms with Crippen molar-refractivity contribution in [3.05, 3.63) is 83.5 Å². The zero-order valence-electron chi connectivity index (χ0n) is 14.9. The quantitative estimate of drug-likeness (QED) is 0.555. The molecule has 0 spiro atoms. The van der Waals surface area contributed by atoms with Crippen LogP contribution in [0.4, 0.5) is 11.5 Å².